The van der Waals surface area contributed by atoms with Gasteiger partial charge in [-0.25, -0.2) is 0 Å². The fraction of sp³-hybridized carbons (Fsp3) is 0.562. The number of aliphatic hydroxyl groups is 1. The van der Waals surface area contributed by atoms with Crippen LogP contribution in [0.4, 0.5) is 0 Å². The van der Waals surface area contributed by atoms with Crippen LogP contribution in [0.25, 0.3) is 0 Å². The molecule has 20 heavy (non-hydrogen) atoms. The lowest BCUT2D eigenvalue weighted by atomic mass is 10.0. The van der Waals surface area contributed by atoms with Gasteiger partial charge in [-0.1, -0.05) is 37.3 Å². The van der Waals surface area contributed by atoms with Gasteiger partial charge in [0.15, 0.2) is 0 Å². The van der Waals surface area contributed by atoms with Gasteiger partial charge in [0, 0.05) is 13.1 Å². The number of nitrogens with zero attached hydrogens (tertiary/aromatic N) is 1. The number of rotatable bonds is 5. The molecule has 1 amide bonds. The molecule has 1 saturated heterocycles. The summed E-state index contributed by atoms with van der Waals surface area (Å²) in [5.41, 5.74) is 1.17. The molecule has 1 aromatic rings. The maximum absolute atomic E-state index is 12.6. The van der Waals surface area contributed by atoms with Crippen molar-refractivity contribution in [3.8, 4) is 0 Å². The van der Waals surface area contributed by atoms with Gasteiger partial charge in [0.1, 0.15) is 0 Å². The van der Waals surface area contributed by atoms with E-state index in [-0.39, 0.29) is 18.0 Å². The Morgan fingerprint density at radius 1 is 1.40 bits per heavy atom. The molecule has 0 radical (unpaired) electrons. The number of nitrogens with one attached hydrogen (secondary N) is 1. The molecular weight excluding hydrogens is 252 g/mol. The summed E-state index contributed by atoms with van der Waals surface area (Å²) in [5.74, 6) is 0.0970. The molecular formula is C16H24N2O2. The van der Waals surface area contributed by atoms with Crippen LogP contribution in [-0.2, 0) is 4.79 Å². The zero-order chi connectivity index (χ0) is 14.5. The number of hydrogen-bond acceptors (Lipinski definition) is 3. The van der Waals surface area contributed by atoms with Crippen LogP contribution in [0.15, 0.2) is 30.3 Å². The van der Waals surface area contributed by atoms with E-state index in [4.69, 9.17) is 0 Å². The SMILES string of the molecule is CCC(c1ccccc1)N(CC)C(=O)[C@@H]1CC(O)CN1. The van der Waals surface area contributed by atoms with Crippen LogP contribution in [0, 0.1) is 0 Å². The van der Waals surface area contributed by atoms with Gasteiger partial charge in [-0.2, -0.15) is 0 Å². The molecule has 2 N–H and O–H groups in total. The van der Waals surface area contributed by atoms with Crippen LogP contribution in [0.5, 0.6) is 0 Å². The molecule has 2 rings (SSSR count). The summed E-state index contributed by atoms with van der Waals surface area (Å²) in [6.07, 6.45) is 0.999. The molecule has 0 aromatic heterocycles. The Morgan fingerprint density at radius 3 is 2.60 bits per heavy atom. The van der Waals surface area contributed by atoms with Crippen LogP contribution < -0.4 is 5.32 Å². The molecule has 1 aliphatic rings. The summed E-state index contributed by atoms with van der Waals surface area (Å²) in [7, 11) is 0. The number of amides is 1. The lowest BCUT2D eigenvalue weighted by Crippen LogP contribution is -2.45. The van der Waals surface area contributed by atoms with Crippen molar-refractivity contribution in [1.29, 1.82) is 0 Å². The summed E-state index contributed by atoms with van der Waals surface area (Å²) in [4.78, 5) is 14.6. The number of likely N-dealkylation sites (N-methyl/N-ethyl adjacent to an activating group) is 1. The maximum Gasteiger partial charge on any atom is 0.240 e. The van der Waals surface area contributed by atoms with Gasteiger partial charge in [-0.05, 0) is 25.3 Å². The molecule has 0 aliphatic carbocycles. The lowest BCUT2D eigenvalue weighted by molar-refractivity contribution is -0.135. The standard InChI is InChI=1S/C16H24N2O2/c1-3-15(12-8-6-5-7-9-12)18(4-2)16(20)14-10-13(19)11-17-14/h5-9,13-15,17,19H,3-4,10-11H2,1-2H3/t13?,14-,15?/m0/s1. The van der Waals surface area contributed by atoms with E-state index in [1.165, 1.54) is 5.56 Å². The zero-order valence-electron chi connectivity index (χ0n) is 12.2. The van der Waals surface area contributed by atoms with Crippen molar-refractivity contribution in [2.45, 2.75) is 44.9 Å². The zero-order valence-corrected chi connectivity index (χ0v) is 12.2. The van der Waals surface area contributed by atoms with E-state index in [1.54, 1.807) is 0 Å². The molecule has 0 spiro atoms. The number of hydrogen-bond donors (Lipinski definition) is 2. The lowest BCUT2D eigenvalue weighted by Gasteiger charge is -2.32. The minimum absolute atomic E-state index is 0.0970. The summed E-state index contributed by atoms with van der Waals surface area (Å²) in [6, 6.07) is 10.0. The second-order valence-corrected chi connectivity index (χ2v) is 5.31. The topological polar surface area (TPSA) is 52.6 Å². The third-order valence-corrected chi connectivity index (χ3v) is 3.98. The number of carbonyl (C=O) groups excluding carboxylic acids is 1. The monoisotopic (exact) mass is 276 g/mol. The highest BCUT2D eigenvalue weighted by molar-refractivity contribution is 5.82. The first-order valence-electron chi connectivity index (χ1n) is 7.44. The molecule has 4 heteroatoms. The van der Waals surface area contributed by atoms with Crippen molar-refractivity contribution in [1.82, 2.24) is 10.2 Å². The first-order valence-corrected chi connectivity index (χ1v) is 7.44. The van der Waals surface area contributed by atoms with Crippen molar-refractivity contribution < 1.29 is 9.90 Å². The van der Waals surface area contributed by atoms with Crippen molar-refractivity contribution in [3.63, 3.8) is 0 Å². The van der Waals surface area contributed by atoms with E-state index in [2.05, 4.69) is 24.4 Å². The van der Waals surface area contributed by atoms with Crippen LogP contribution >= 0.6 is 0 Å². The average Bonchev–Trinajstić information content (AvgIpc) is 2.91. The highest BCUT2D eigenvalue weighted by Gasteiger charge is 2.33. The predicted octanol–water partition coefficient (Wildman–Crippen LogP) is 1.71. The molecule has 0 bridgehead atoms. The molecule has 4 nitrogen and oxygen atoms in total. The molecule has 110 valence electrons. The normalized spacial score (nSPS) is 23.6. The molecule has 0 saturated carbocycles. The second-order valence-electron chi connectivity index (χ2n) is 5.31. The molecule has 2 unspecified atom stereocenters. The molecule has 1 aromatic carbocycles. The van der Waals surface area contributed by atoms with Gasteiger partial charge in [-0.3, -0.25) is 4.79 Å². The largest absolute Gasteiger partial charge is 0.392 e. The fourth-order valence-electron chi connectivity index (χ4n) is 2.95. The Hall–Kier alpha value is -1.39. The van der Waals surface area contributed by atoms with E-state index in [1.807, 2.05) is 30.0 Å². The molecule has 1 aliphatic heterocycles. The summed E-state index contributed by atoms with van der Waals surface area (Å²) in [5, 5.41) is 12.7. The second kappa shape index (κ2) is 6.86. The third kappa shape index (κ3) is 3.19. The minimum atomic E-state index is -0.403. The van der Waals surface area contributed by atoms with Gasteiger partial charge in [-0.15, -0.1) is 0 Å². The van der Waals surface area contributed by atoms with Crippen molar-refractivity contribution >= 4 is 5.91 Å². The highest BCUT2D eigenvalue weighted by atomic mass is 16.3. The molecule has 1 heterocycles. The molecule has 3 atom stereocenters. The number of aliphatic hydroxyl groups excluding tert-OH is 1. The first-order chi connectivity index (χ1) is 9.67. The smallest absolute Gasteiger partial charge is 0.240 e. The Morgan fingerprint density at radius 2 is 2.10 bits per heavy atom. The van der Waals surface area contributed by atoms with Gasteiger partial charge < -0.3 is 15.3 Å². The quantitative estimate of drug-likeness (QED) is 0.861. The Balaban J connectivity index is 2.15. The van der Waals surface area contributed by atoms with Crippen molar-refractivity contribution in [2.24, 2.45) is 0 Å². The minimum Gasteiger partial charge on any atom is -0.392 e. The number of carbonyl (C=O) groups is 1. The summed E-state index contributed by atoms with van der Waals surface area (Å²) < 4.78 is 0. The Kier molecular flexibility index (Phi) is 5.15. The predicted molar refractivity (Wildman–Crippen MR) is 79.3 cm³/mol. The molecule has 1 fully saturated rings. The fourth-order valence-corrected chi connectivity index (χ4v) is 2.95. The van der Waals surface area contributed by atoms with Crippen LogP contribution in [-0.4, -0.2) is 41.1 Å². The van der Waals surface area contributed by atoms with Crippen molar-refractivity contribution in [2.75, 3.05) is 13.1 Å². The van der Waals surface area contributed by atoms with E-state index in [9.17, 15) is 9.90 Å². The van der Waals surface area contributed by atoms with Gasteiger partial charge in [0.25, 0.3) is 0 Å². The van der Waals surface area contributed by atoms with Gasteiger partial charge in [0.05, 0.1) is 18.2 Å². The third-order valence-electron chi connectivity index (χ3n) is 3.98. The maximum atomic E-state index is 12.6. The van der Waals surface area contributed by atoms with Crippen LogP contribution in [0.2, 0.25) is 0 Å². The Labute approximate surface area is 120 Å². The Bertz CT molecular complexity index is 435. The number of benzene rings is 1. The average molecular weight is 276 g/mol. The van der Waals surface area contributed by atoms with E-state index < -0.39 is 6.10 Å². The van der Waals surface area contributed by atoms with Crippen LogP contribution in [0.1, 0.15) is 38.3 Å². The van der Waals surface area contributed by atoms with Gasteiger partial charge in [0.2, 0.25) is 5.91 Å². The van der Waals surface area contributed by atoms with Crippen molar-refractivity contribution in [3.05, 3.63) is 35.9 Å². The highest BCUT2D eigenvalue weighted by Crippen LogP contribution is 2.25. The van der Waals surface area contributed by atoms with E-state index >= 15 is 0 Å². The van der Waals surface area contributed by atoms with E-state index in [0.717, 1.165) is 6.42 Å². The van der Waals surface area contributed by atoms with E-state index in [0.29, 0.717) is 19.5 Å². The van der Waals surface area contributed by atoms with Crippen LogP contribution in [0.3, 0.4) is 0 Å². The number of β-amino-alcohol motifs (C(OH)–C–C–N with tert-alkyl or cyclic N) is 1. The van der Waals surface area contributed by atoms with Gasteiger partial charge >= 0.3 is 0 Å². The summed E-state index contributed by atoms with van der Waals surface area (Å²) >= 11 is 0. The summed E-state index contributed by atoms with van der Waals surface area (Å²) in [6.45, 7) is 5.30. The first kappa shape index (κ1) is 15.0.